The fourth-order valence-corrected chi connectivity index (χ4v) is 5.62. The fraction of sp³-hybridized carbons (Fsp3) is 0.941. The van der Waals surface area contributed by atoms with Crippen LogP contribution in [-0.4, -0.2) is 18.0 Å². The van der Waals surface area contributed by atoms with Crippen molar-refractivity contribution >= 4 is 5.91 Å². The van der Waals surface area contributed by atoms with Crippen molar-refractivity contribution in [2.45, 2.75) is 77.3 Å². The molecule has 20 heavy (non-hydrogen) atoms. The molecule has 0 spiro atoms. The molecule has 0 aromatic rings. The van der Waals surface area contributed by atoms with Gasteiger partial charge in [-0.15, -0.1) is 0 Å². The molecule has 3 N–H and O–H groups in total. The molecule has 0 radical (unpaired) electrons. The van der Waals surface area contributed by atoms with E-state index in [0.29, 0.717) is 11.5 Å². The number of carbonyl (C=O) groups is 1. The highest BCUT2D eigenvalue weighted by Crippen LogP contribution is 2.61. The zero-order chi connectivity index (χ0) is 14.3. The van der Waals surface area contributed by atoms with E-state index in [4.69, 9.17) is 5.73 Å². The van der Waals surface area contributed by atoms with Crippen molar-refractivity contribution < 1.29 is 4.79 Å². The topological polar surface area (TPSA) is 55.1 Å². The van der Waals surface area contributed by atoms with Crippen LogP contribution in [0.15, 0.2) is 0 Å². The van der Waals surface area contributed by atoms with Gasteiger partial charge >= 0.3 is 0 Å². The van der Waals surface area contributed by atoms with Gasteiger partial charge in [-0.05, 0) is 75.0 Å². The van der Waals surface area contributed by atoms with E-state index in [1.165, 1.54) is 38.5 Å². The molecule has 114 valence electrons. The highest BCUT2D eigenvalue weighted by molar-refractivity contribution is 5.81. The maximum absolute atomic E-state index is 12.2. The summed E-state index contributed by atoms with van der Waals surface area (Å²) in [5.74, 6) is 2.87. The van der Waals surface area contributed by atoms with E-state index in [2.05, 4.69) is 19.2 Å². The third-order valence-corrected chi connectivity index (χ3v) is 6.30. The predicted molar refractivity (Wildman–Crippen MR) is 81.1 cm³/mol. The number of hydrogen-bond donors (Lipinski definition) is 2. The average Bonchev–Trinajstić information content (AvgIpc) is 2.37. The number of nitrogens with two attached hydrogens (primary N) is 1. The molecule has 4 aliphatic rings. The first kappa shape index (κ1) is 14.4. The highest BCUT2D eigenvalue weighted by Gasteiger charge is 2.53. The van der Waals surface area contributed by atoms with Gasteiger partial charge in [0.2, 0.25) is 5.91 Å². The van der Waals surface area contributed by atoms with E-state index < -0.39 is 0 Å². The molecule has 4 fully saturated rings. The van der Waals surface area contributed by atoms with E-state index >= 15 is 0 Å². The Labute approximate surface area is 123 Å². The fourth-order valence-electron chi connectivity index (χ4n) is 5.62. The van der Waals surface area contributed by atoms with Crippen molar-refractivity contribution in [3.05, 3.63) is 0 Å². The SMILES string of the molecule is CCC[C@H](N)C(=O)NC(C)C12CC3CC(CC(C3)C1)C2. The summed E-state index contributed by atoms with van der Waals surface area (Å²) in [4.78, 5) is 12.2. The first-order valence-electron chi connectivity index (χ1n) is 8.58. The quantitative estimate of drug-likeness (QED) is 0.812. The Balaban J connectivity index is 1.65. The number of amides is 1. The van der Waals surface area contributed by atoms with Gasteiger partial charge in [0.05, 0.1) is 6.04 Å². The van der Waals surface area contributed by atoms with Crippen LogP contribution in [0.5, 0.6) is 0 Å². The molecule has 3 heteroatoms. The van der Waals surface area contributed by atoms with Crippen LogP contribution < -0.4 is 11.1 Å². The zero-order valence-corrected chi connectivity index (χ0v) is 13.0. The summed E-state index contributed by atoms with van der Waals surface area (Å²) >= 11 is 0. The lowest BCUT2D eigenvalue weighted by Gasteiger charge is -2.59. The van der Waals surface area contributed by atoms with Crippen LogP contribution in [0.3, 0.4) is 0 Å². The van der Waals surface area contributed by atoms with Gasteiger partial charge < -0.3 is 11.1 Å². The van der Waals surface area contributed by atoms with E-state index in [-0.39, 0.29) is 11.9 Å². The van der Waals surface area contributed by atoms with Crippen LogP contribution in [0.2, 0.25) is 0 Å². The number of hydrogen-bond acceptors (Lipinski definition) is 2. The molecule has 0 saturated heterocycles. The van der Waals surface area contributed by atoms with Gasteiger partial charge in [0.1, 0.15) is 0 Å². The minimum Gasteiger partial charge on any atom is -0.352 e. The second-order valence-electron chi connectivity index (χ2n) is 7.91. The standard InChI is InChI=1S/C17H30N2O/c1-3-4-15(18)16(20)19-11(2)17-8-12-5-13(9-17)7-14(6-12)10-17/h11-15H,3-10,18H2,1-2H3,(H,19,20)/t11?,12?,13?,14?,15-,17?/m0/s1. The Kier molecular flexibility index (Phi) is 3.83. The third kappa shape index (κ3) is 2.49. The molecule has 4 saturated carbocycles. The molecule has 0 heterocycles. The molecule has 1 amide bonds. The number of nitrogens with one attached hydrogen (secondary N) is 1. The Bertz CT molecular complexity index is 344. The normalized spacial score (nSPS) is 41.5. The lowest BCUT2D eigenvalue weighted by molar-refractivity contribution is -0.127. The zero-order valence-electron chi connectivity index (χ0n) is 13.0. The first-order chi connectivity index (χ1) is 9.52. The molecule has 1 unspecified atom stereocenters. The second kappa shape index (κ2) is 5.32. The van der Waals surface area contributed by atoms with E-state index in [9.17, 15) is 4.79 Å². The molecular formula is C17H30N2O. The van der Waals surface area contributed by atoms with Crippen molar-refractivity contribution in [2.75, 3.05) is 0 Å². The van der Waals surface area contributed by atoms with E-state index in [0.717, 1.165) is 30.6 Å². The molecule has 0 aromatic heterocycles. The van der Waals surface area contributed by atoms with Gasteiger partial charge in [0.15, 0.2) is 0 Å². The lowest BCUT2D eigenvalue weighted by atomic mass is 9.48. The Morgan fingerprint density at radius 1 is 1.20 bits per heavy atom. The Morgan fingerprint density at radius 2 is 1.70 bits per heavy atom. The minimum atomic E-state index is -0.323. The largest absolute Gasteiger partial charge is 0.352 e. The van der Waals surface area contributed by atoms with Crippen LogP contribution in [-0.2, 0) is 4.79 Å². The number of carbonyl (C=O) groups excluding carboxylic acids is 1. The molecule has 4 rings (SSSR count). The van der Waals surface area contributed by atoms with Crippen molar-refractivity contribution in [3.63, 3.8) is 0 Å². The van der Waals surface area contributed by atoms with Crippen molar-refractivity contribution in [1.82, 2.24) is 5.32 Å². The molecule has 0 aromatic carbocycles. The highest BCUT2D eigenvalue weighted by atomic mass is 16.2. The average molecular weight is 278 g/mol. The molecule has 4 aliphatic carbocycles. The second-order valence-corrected chi connectivity index (χ2v) is 7.91. The monoisotopic (exact) mass is 278 g/mol. The van der Waals surface area contributed by atoms with Crippen LogP contribution in [0.25, 0.3) is 0 Å². The summed E-state index contributed by atoms with van der Waals surface area (Å²) in [7, 11) is 0. The summed E-state index contributed by atoms with van der Waals surface area (Å²) in [6.45, 7) is 4.30. The third-order valence-electron chi connectivity index (χ3n) is 6.30. The van der Waals surface area contributed by atoms with Crippen molar-refractivity contribution in [1.29, 1.82) is 0 Å². The van der Waals surface area contributed by atoms with E-state index in [1.54, 1.807) is 0 Å². The maximum Gasteiger partial charge on any atom is 0.237 e. The summed E-state index contributed by atoms with van der Waals surface area (Å²) < 4.78 is 0. The molecule has 4 bridgehead atoms. The van der Waals surface area contributed by atoms with Gasteiger partial charge in [0, 0.05) is 6.04 Å². The molecule has 3 nitrogen and oxygen atoms in total. The van der Waals surface area contributed by atoms with E-state index in [1.807, 2.05) is 0 Å². The molecule has 2 atom stereocenters. The van der Waals surface area contributed by atoms with Crippen LogP contribution >= 0.6 is 0 Å². The summed E-state index contributed by atoms with van der Waals surface area (Å²) in [5, 5.41) is 3.26. The number of rotatable bonds is 5. The minimum absolute atomic E-state index is 0.0649. The van der Waals surface area contributed by atoms with Crippen LogP contribution in [0.4, 0.5) is 0 Å². The van der Waals surface area contributed by atoms with Gasteiger partial charge in [0.25, 0.3) is 0 Å². The van der Waals surface area contributed by atoms with Crippen LogP contribution in [0, 0.1) is 23.2 Å². The molecular weight excluding hydrogens is 248 g/mol. The maximum atomic E-state index is 12.2. The van der Waals surface area contributed by atoms with Gasteiger partial charge in [-0.2, -0.15) is 0 Å². The summed E-state index contributed by atoms with van der Waals surface area (Å²) in [6.07, 6.45) is 10.1. The van der Waals surface area contributed by atoms with Gasteiger partial charge in [-0.3, -0.25) is 4.79 Å². The Hall–Kier alpha value is -0.570. The smallest absolute Gasteiger partial charge is 0.237 e. The first-order valence-corrected chi connectivity index (χ1v) is 8.58. The lowest BCUT2D eigenvalue weighted by Crippen LogP contribution is -2.57. The van der Waals surface area contributed by atoms with Crippen molar-refractivity contribution in [2.24, 2.45) is 28.9 Å². The van der Waals surface area contributed by atoms with Gasteiger partial charge in [-0.1, -0.05) is 13.3 Å². The summed E-state index contributed by atoms with van der Waals surface area (Å²) in [6, 6.07) is -0.0253. The summed E-state index contributed by atoms with van der Waals surface area (Å²) in [5.41, 5.74) is 6.34. The predicted octanol–water partition coefficient (Wildman–Crippen LogP) is 2.83. The molecule has 0 aliphatic heterocycles. The van der Waals surface area contributed by atoms with Crippen LogP contribution in [0.1, 0.15) is 65.2 Å². The van der Waals surface area contributed by atoms with Crippen molar-refractivity contribution in [3.8, 4) is 0 Å². The van der Waals surface area contributed by atoms with Gasteiger partial charge in [-0.25, -0.2) is 0 Å². The Morgan fingerprint density at radius 3 is 2.15 bits per heavy atom.